The fourth-order valence-corrected chi connectivity index (χ4v) is 4.12. The fourth-order valence-electron chi connectivity index (χ4n) is 2.53. The second-order valence-corrected chi connectivity index (χ2v) is 7.55. The van der Waals surface area contributed by atoms with Crippen LogP contribution in [0.15, 0.2) is 24.3 Å². The standard InChI is InChI=1S/C17H15Cl2NO3S/c1-9(16(21)20-13-6-5-11(18)8-12(13)19)23-17(22)15-7-10-3-2-4-14(10)24-15/h5-9H,2-4H2,1H3,(H,20,21). The average molecular weight is 384 g/mol. The van der Waals surface area contributed by atoms with Gasteiger partial charge < -0.3 is 10.1 Å². The van der Waals surface area contributed by atoms with Gasteiger partial charge in [0, 0.05) is 9.90 Å². The molecule has 24 heavy (non-hydrogen) atoms. The molecule has 0 spiro atoms. The van der Waals surface area contributed by atoms with E-state index in [2.05, 4.69) is 5.32 Å². The Hall–Kier alpha value is -1.56. The molecule has 0 radical (unpaired) electrons. The maximum Gasteiger partial charge on any atom is 0.349 e. The molecule has 1 unspecified atom stereocenters. The topological polar surface area (TPSA) is 55.4 Å². The summed E-state index contributed by atoms with van der Waals surface area (Å²) >= 11 is 13.3. The lowest BCUT2D eigenvalue weighted by Crippen LogP contribution is -2.29. The van der Waals surface area contributed by atoms with Crippen LogP contribution in [0.2, 0.25) is 10.0 Å². The summed E-state index contributed by atoms with van der Waals surface area (Å²) in [5.74, 6) is -0.920. The third-order valence-corrected chi connectivity index (χ3v) is 5.55. The van der Waals surface area contributed by atoms with Crippen LogP contribution in [0.3, 0.4) is 0 Å². The lowest BCUT2D eigenvalue weighted by atomic mass is 10.2. The number of halogens is 2. The van der Waals surface area contributed by atoms with Gasteiger partial charge >= 0.3 is 5.97 Å². The van der Waals surface area contributed by atoms with Gasteiger partial charge in [0.1, 0.15) is 4.88 Å². The van der Waals surface area contributed by atoms with Crippen LogP contribution < -0.4 is 5.32 Å². The number of amides is 1. The van der Waals surface area contributed by atoms with Crippen LogP contribution in [0.1, 0.15) is 33.5 Å². The summed E-state index contributed by atoms with van der Waals surface area (Å²) < 4.78 is 5.26. The highest BCUT2D eigenvalue weighted by Crippen LogP contribution is 2.31. The van der Waals surface area contributed by atoms with Crippen molar-refractivity contribution < 1.29 is 14.3 Å². The van der Waals surface area contributed by atoms with E-state index in [1.807, 2.05) is 6.07 Å². The Labute approximate surface area is 153 Å². The molecule has 1 aliphatic rings. The second-order valence-electron chi connectivity index (χ2n) is 5.57. The molecule has 0 saturated heterocycles. The summed E-state index contributed by atoms with van der Waals surface area (Å²) in [7, 11) is 0. The number of hydrogen-bond acceptors (Lipinski definition) is 4. The van der Waals surface area contributed by atoms with Gasteiger partial charge in [0.15, 0.2) is 6.10 Å². The van der Waals surface area contributed by atoms with E-state index in [9.17, 15) is 9.59 Å². The van der Waals surface area contributed by atoms with Crippen molar-refractivity contribution in [3.05, 3.63) is 49.6 Å². The van der Waals surface area contributed by atoms with Crippen molar-refractivity contribution in [2.45, 2.75) is 32.3 Å². The zero-order valence-electron chi connectivity index (χ0n) is 12.9. The van der Waals surface area contributed by atoms with Gasteiger partial charge in [-0.25, -0.2) is 4.79 Å². The molecule has 3 rings (SSSR count). The van der Waals surface area contributed by atoms with Crippen LogP contribution in [-0.4, -0.2) is 18.0 Å². The van der Waals surface area contributed by atoms with E-state index < -0.39 is 18.0 Å². The molecule has 4 nitrogen and oxygen atoms in total. The lowest BCUT2D eigenvalue weighted by molar-refractivity contribution is -0.123. The Morgan fingerprint density at radius 3 is 2.75 bits per heavy atom. The van der Waals surface area contributed by atoms with Gasteiger partial charge in [-0.05, 0) is 56.0 Å². The molecule has 1 atom stereocenters. The number of carbonyl (C=O) groups excluding carboxylic acids is 2. The number of hydrogen-bond donors (Lipinski definition) is 1. The summed E-state index contributed by atoms with van der Waals surface area (Å²) in [6.07, 6.45) is 2.22. The lowest BCUT2D eigenvalue weighted by Gasteiger charge is -2.14. The molecule has 1 aromatic carbocycles. The normalized spacial score (nSPS) is 14.1. The SMILES string of the molecule is CC(OC(=O)c1cc2c(s1)CCC2)C(=O)Nc1ccc(Cl)cc1Cl. The van der Waals surface area contributed by atoms with Crippen molar-refractivity contribution in [2.24, 2.45) is 0 Å². The molecular formula is C17H15Cl2NO3S. The first-order valence-corrected chi connectivity index (χ1v) is 9.10. The molecule has 1 aliphatic carbocycles. The number of ether oxygens (including phenoxy) is 1. The molecule has 1 N–H and O–H groups in total. The van der Waals surface area contributed by atoms with E-state index in [1.165, 1.54) is 34.8 Å². The molecule has 1 amide bonds. The Balaban J connectivity index is 1.61. The molecule has 0 aliphatic heterocycles. The van der Waals surface area contributed by atoms with Gasteiger partial charge in [0.05, 0.1) is 10.7 Å². The van der Waals surface area contributed by atoms with Crippen LogP contribution in [0.4, 0.5) is 5.69 Å². The molecule has 0 bridgehead atoms. The van der Waals surface area contributed by atoms with Crippen molar-refractivity contribution in [1.29, 1.82) is 0 Å². The third-order valence-electron chi connectivity index (χ3n) is 3.79. The maximum atomic E-state index is 12.2. The molecule has 1 aromatic heterocycles. The Bertz CT molecular complexity index is 782. The number of thiophene rings is 1. The third kappa shape index (κ3) is 3.74. The highest BCUT2D eigenvalue weighted by molar-refractivity contribution is 7.14. The fraction of sp³-hybridized carbons (Fsp3) is 0.294. The first-order chi connectivity index (χ1) is 11.4. The van der Waals surface area contributed by atoms with E-state index in [-0.39, 0.29) is 0 Å². The van der Waals surface area contributed by atoms with Crippen LogP contribution in [0, 0.1) is 0 Å². The van der Waals surface area contributed by atoms with Gasteiger partial charge in [0.25, 0.3) is 5.91 Å². The summed E-state index contributed by atoms with van der Waals surface area (Å²) in [5, 5.41) is 3.43. The molecule has 0 saturated carbocycles. The number of carbonyl (C=O) groups is 2. The molecule has 1 heterocycles. The van der Waals surface area contributed by atoms with E-state index in [1.54, 1.807) is 12.1 Å². The predicted octanol–water partition coefficient (Wildman–Crippen LogP) is 4.73. The van der Waals surface area contributed by atoms with Crippen molar-refractivity contribution in [2.75, 3.05) is 5.32 Å². The van der Waals surface area contributed by atoms with Crippen LogP contribution in [-0.2, 0) is 22.4 Å². The highest BCUT2D eigenvalue weighted by Gasteiger charge is 2.23. The zero-order valence-corrected chi connectivity index (χ0v) is 15.2. The first-order valence-electron chi connectivity index (χ1n) is 7.52. The minimum atomic E-state index is -0.929. The van der Waals surface area contributed by atoms with Gasteiger partial charge in [-0.1, -0.05) is 23.2 Å². The second kappa shape index (κ2) is 7.13. The smallest absolute Gasteiger partial charge is 0.349 e. The number of aryl methyl sites for hydroxylation is 2. The summed E-state index contributed by atoms with van der Waals surface area (Å²) in [5.41, 5.74) is 1.64. The number of nitrogens with one attached hydrogen (secondary N) is 1. The van der Waals surface area contributed by atoms with Crippen LogP contribution in [0.25, 0.3) is 0 Å². The van der Waals surface area contributed by atoms with Crippen molar-refractivity contribution in [3.63, 3.8) is 0 Å². The zero-order chi connectivity index (χ0) is 17.3. The van der Waals surface area contributed by atoms with Crippen molar-refractivity contribution in [3.8, 4) is 0 Å². The Kier molecular flexibility index (Phi) is 5.13. The van der Waals surface area contributed by atoms with Crippen molar-refractivity contribution in [1.82, 2.24) is 0 Å². The predicted molar refractivity (Wildman–Crippen MR) is 96.3 cm³/mol. The number of benzene rings is 1. The van der Waals surface area contributed by atoms with Gasteiger partial charge in [0.2, 0.25) is 0 Å². The van der Waals surface area contributed by atoms with E-state index in [0.717, 1.165) is 19.3 Å². The van der Waals surface area contributed by atoms with Gasteiger partial charge in [-0.3, -0.25) is 4.79 Å². The highest BCUT2D eigenvalue weighted by atomic mass is 35.5. The molecule has 2 aromatic rings. The van der Waals surface area contributed by atoms with Gasteiger partial charge in [-0.15, -0.1) is 11.3 Å². The largest absolute Gasteiger partial charge is 0.448 e. The van der Waals surface area contributed by atoms with E-state index in [4.69, 9.17) is 27.9 Å². The summed E-state index contributed by atoms with van der Waals surface area (Å²) in [6, 6.07) is 6.62. The minimum absolute atomic E-state index is 0.323. The monoisotopic (exact) mass is 383 g/mol. The summed E-state index contributed by atoms with van der Waals surface area (Å²) in [6.45, 7) is 1.53. The molecule has 126 valence electrons. The Morgan fingerprint density at radius 1 is 1.25 bits per heavy atom. The number of anilines is 1. The average Bonchev–Trinajstić information content (AvgIpc) is 3.11. The van der Waals surface area contributed by atoms with Crippen LogP contribution in [0.5, 0.6) is 0 Å². The first kappa shape index (κ1) is 17.3. The number of esters is 1. The molecule has 7 heteroatoms. The number of rotatable bonds is 4. The van der Waals surface area contributed by atoms with E-state index in [0.29, 0.717) is 20.6 Å². The van der Waals surface area contributed by atoms with Crippen molar-refractivity contribution >= 4 is 52.1 Å². The minimum Gasteiger partial charge on any atom is -0.448 e. The van der Waals surface area contributed by atoms with Crippen LogP contribution >= 0.6 is 34.5 Å². The molecular weight excluding hydrogens is 369 g/mol. The molecule has 0 fully saturated rings. The quantitative estimate of drug-likeness (QED) is 0.776. The van der Waals surface area contributed by atoms with E-state index >= 15 is 0 Å². The number of fused-ring (bicyclic) bond motifs is 1. The summed E-state index contributed by atoms with van der Waals surface area (Å²) in [4.78, 5) is 26.2. The maximum absolute atomic E-state index is 12.2. The Morgan fingerprint density at radius 2 is 2.04 bits per heavy atom. The van der Waals surface area contributed by atoms with Gasteiger partial charge in [-0.2, -0.15) is 0 Å².